The van der Waals surface area contributed by atoms with Gasteiger partial charge >= 0.3 is 0 Å². The summed E-state index contributed by atoms with van der Waals surface area (Å²) in [6.45, 7) is 2.47. The molecule has 2 amide bonds. The zero-order valence-electron chi connectivity index (χ0n) is 12.7. The average molecular weight is 329 g/mol. The van der Waals surface area contributed by atoms with Gasteiger partial charge in [0.1, 0.15) is 11.0 Å². The van der Waals surface area contributed by atoms with E-state index in [0.29, 0.717) is 31.1 Å². The Balaban J connectivity index is 1.85. The molecule has 6 heteroatoms. The molecule has 4 nitrogen and oxygen atoms in total. The first-order chi connectivity index (χ1) is 10.1. The van der Waals surface area contributed by atoms with Crippen molar-refractivity contribution in [2.24, 2.45) is 11.8 Å². The van der Waals surface area contributed by atoms with Crippen LogP contribution in [0.4, 0.5) is 0 Å². The number of hydrogen-bond donors (Lipinski definition) is 0. The van der Waals surface area contributed by atoms with Gasteiger partial charge in [-0.3, -0.25) is 19.3 Å². The van der Waals surface area contributed by atoms with Gasteiger partial charge in [0, 0.05) is 25.3 Å². The summed E-state index contributed by atoms with van der Waals surface area (Å²) >= 11 is 0. The van der Waals surface area contributed by atoms with Crippen LogP contribution in [0.15, 0.2) is 0 Å². The molecule has 1 unspecified atom stereocenters. The molecule has 1 aliphatic carbocycles. The first kappa shape index (κ1) is 16.9. The highest BCUT2D eigenvalue weighted by molar-refractivity contribution is 8.76. The number of rotatable bonds is 6. The number of Topliss-reactive ketones (excluding diaryl/α,β-unsaturated/α-hetero) is 1. The van der Waals surface area contributed by atoms with Crippen LogP contribution in [0.25, 0.3) is 0 Å². The fourth-order valence-corrected chi connectivity index (χ4v) is 5.05. The molecule has 1 saturated carbocycles. The third kappa shape index (κ3) is 4.03. The molecule has 0 aromatic heterocycles. The van der Waals surface area contributed by atoms with Crippen LogP contribution in [0.1, 0.15) is 45.4 Å². The molecule has 2 fully saturated rings. The number of imide groups is 1. The first-order valence-corrected chi connectivity index (χ1v) is 10.2. The van der Waals surface area contributed by atoms with Crippen LogP contribution in [0.3, 0.4) is 0 Å². The van der Waals surface area contributed by atoms with E-state index in [2.05, 4.69) is 0 Å². The molecular weight excluding hydrogens is 306 g/mol. The summed E-state index contributed by atoms with van der Waals surface area (Å²) in [4.78, 5) is 37.4. The number of hydrogen-bond acceptors (Lipinski definition) is 5. The highest BCUT2D eigenvalue weighted by Crippen LogP contribution is 2.35. The lowest BCUT2D eigenvalue weighted by atomic mass is 9.79. The van der Waals surface area contributed by atoms with Gasteiger partial charge in [-0.05, 0) is 37.9 Å². The molecule has 1 heterocycles. The van der Waals surface area contributed by atoms with Crippen LogP contribution in [0, 0.1) is 11.8 Å². The second kappa shape index (κ2) is 7.68. The van der Waals surface area contributed by atoms with Crippen molar-refractivity contribution in [3.63, 3.8) is 0 Å². The van der Waals surface area contributed by atoms with Gasteiger partial charge in [0.2, 0.25) is 11.8 Å². The molecule has 1 saturated heterocycles. The Labute approximate surface area is 134 Å². The van der Waals surface area contributed by atoms with Crippen molar-refractivity contribution in [3.8, 4) is 0 Å². The van der Waals surface area contributed by atoms with E-state index >= 15 is 0 Å². The molecule has 0 N–H and O–H groups in total. The van der Waals surface area contributed by atoms with Crippen LogP contribution in [0.2, 0.25) is 0 Å². The minimum absolute atomic E-state index is 0.0221. The second-order valence-electron chi connectivity index (χ2n) is 5.84. The van der Waals surface area contributed by atoms with Crippen molar-refractivity contribution in [1.29, 1.82) is 0 Å². The lowest BCUT2D eigenvalue weighted by molar-refractivity contribution is -0.139. The molecule has 0 aromatic carbocycles. The third-order valence-corrected chi connectivity index (χ3v) is 6.57. The van der Waals surface area contributed by atoms with Gasteiger partial charge in [-0.2, -0.15) is 0 Å². The number of nitrogens with zero attached hydrogens (tertiary/aromatic N) is 1. The van der Waals surface area contributed by atoms with Crippen LogP contribution in [-0.4, -0.2) is 40.5 Å². The van der Waals surface area contributed by atoms with Crippen LogP contribution in [-0.2, 0) is 14.4 Å². The Kier molecular flexibility index (Phi) is 6.17. The lowest BCUT2D eigenvalue weighted by Crippen LogP contribution is -2.37. The fourth-order valence-electron chi connectivity index (χ4n) is 3.25. The summed E-state index contributed by atoms with van der Waals surface area (Å²) in [6, 6.07) is 0. The van der Waals surface area contributed by atoms with Crippen molar-refractivity contribution in [2.75, 3.05) is 12.8 Å². The molecule has 1 aliphatic heterocycles. The monoisotopic (exact) mass is 329 g/mol. The van der Waals surface area contributed by atoms with Gasteiger partial charge in [-0.25, -0.2) is 0 Å². The largest absolute Gasteiger partial charge is 0.299 e. The molecule has 0 bridgehead atoms. The van der Waals surface area contributed by atoms with Crippen LogP contribution >= 0.6 is 21.6 Å². The van der Waals surface area contributed by atoms with Crippen molar-refractivity contribution in [2.45, 2.75) is 50.7 Å². The van der Waals surface area contributed by atoms with E-state index < -0.39 is 0 Å². The normalized spacial score (nSPS) is 30.0. The maximum absolute atomic E-state index is 12.2. The molecule has 0 radical (unpaired) electrons. The summed E-state index contributed by atoms with van der Waals surface area (Å²) < 4.78 is 0. The molecule has 118 valence electrons. The Morgan fingerprint density at radius 1 is 1.24 bits per heavy atom. The predicted octanol–water partition coefficient (Wildman–Crippen LogP) is 2.91. The van der Waals surface area contributed by atoms with Crippen LogP contribution < -0.4 is 0 Å². The maximum Gasteiger partial charge on any atom is 0.243 e. The van der Waals surface area contributed by atoms with Gasteiger partial charge in [0.25, 0.3) is 0 Å². The number of carbonyl (C=O) groups excluding carboxylic acids is 3. The summed E-state index contributed by atoms with van der Waals surface area (Å²) in [6.07, 6.45) is 6.62. The summed E-state index contributed by atoms with van der Waals surface area (Å²) in [7, 11) is 3.02. The smallest absolute Gasteiger partial charge is 0.243 e. The summed E-state index contributed by atoms with van der Waals surface area (Å²) in [5.41, 5.74) is 0. The van der Waals surface area contributed by atoms with E-state index in [0.717, 1.165) is 25.7 Å². The van der Waals surface area contributed by atoms with E-state index in [4.69, 9.17) is 0 Å². The topological polar surface area (TPSA) is 54.5 Å². The molecule has 0 aromatic rings. The number of carbonyl (C=O) groups is 3. The van der Waals surface area contributed by atoms with Gasteiger partial charge in [0.15, 0.2) is 0 Å². The van der Waals surface area contributed by atoms with E-state index in [1.54, 1.807) is 0 Å². The Morgan fingerprint density at radius 2 is 1.90 bits per heavy atom. The summed E-state index contributed by atoms with van der Waals surface area (Å²) in [5.74, 6) is 0.885. The third-order valence-electron chi connectivity index (χ3n) is 4.51. The van der Waals surface area contributed by atoms with Gasteiger partial charge in [-0.1, -0.05) is 28.5 Å². The highest BCUT2D eigenvalue weighted by Gasteiger charge is 2.40. The van der Waals surface area contributed by atoms with E-state index in [9.17, 15) is 14.4 Å². The number of amides is 2. The van der Waals surface area contributed by atoms with Gasteiger partial charge in [0.05, 0.1) is 0 Å². The maximum atomic E-state index is 12.2. The number of ketones is 1. The molecule has 2 aliphatic rings. The first-order valence-electron chi connectivity index (χ1n) is 7.63. The standard InChI is InChI=1S/C15H23NO3S2/c1-3-12(17)11-6-4-10(5-7-11)9-16-14(18)8-13(15(16)19)21-20-2/h10-11,13H,3-9H2,1-2H3. The molecule has 2 rings (SSSR count). The summed E-state index contributed by atoms with van der Waals surface area (Å²) in [5, 5.41) is -0.203. The highest BCUT2D eigenvalue weighted by atomic mass is 33.1. The quantitative estimate of drug-likeness (QED) is 0.554. The van der Waals surface area contributed by atoms with Crippen molar-refractivity contribution < 1.29 is 14.4 Å². The van der Waals surface area contributed by atoms with Crippen molar-refractivity contribution >= 4 is 39.2 Å². The molecule has 1 atom stereocenters. The second-order valence-corrected chi connectivity index (χ2v) is 8.51. The Hall–Kier alpha value is -0.490. The minimum Gasteiger partial charge on any atom is -0.299 e. The zero-order valence-corrected chi connectivity index (χ0v) is 14.3. The van der Waals surface area contributed by atoms with E-state index in [1.807, 2.05) is 13.2 Å². The van der Waals surface area contributed by atoms with Gasteiger partial charge < -0.3 is 0 Å². The van der Waals surface area contributed by atoms with Crippen LogP contribution in [0.5, 0.6) is 0 Å². The lowest BCUT2D eigenvalue weighted by Gasteiger charge is -2.29. The molecule has 0 spiro atoms. The minimum atomic E-state index is -0.203. The Bertz CT molecular complexity index is 419. The average Bonchev–Trinajstić information content (AvgIpc) is 2.75. The predicted molar refractivity (Wildman–Crippen MR) is 87.0 cm³/mol. The molecule has 21 heavy (non-hydrogen) atoms. The van der Waals surface area contributed by atoms with Crippen molar-refractivity contribution in [1.82, 2.24) is 4.90 Å². The van der Waals surface area contributed by atoms with Gasteiger partial charge in [-0.15, -0.1) is 0 Å². The zero-order chi connectivity index (χ0) is 15.4. The fraction of sp³-hybridized carbons (Fsp3) is 0.800. The Morgan fingerprint density at radius 3 is 2.48 bits per heavy atom. The SMILES string of the molecule is CCC(=O)C1CCC(CN2C(=O)CC(SSC)C2=O)CC1. The molecular formula is C15H23NO3S2. The number of likely N-dealkylation sites (tertiary alicyclic amines) is 1. The van der Waals surface area contributed by atoms with E-state index in [-0.39, 0.29) is 23.0 Å². The van der Waals surface area contributed by atoms with Crippen molar-refractivity contribution in [3.05, 3.63) is 0 Å². The van der Waals surface area contributed by atoms with E-state index in [1.165, 1.54) is 26.5 Å².